The molecule has 0 amide bonds. The first kappa shape index (κ1) is 13.4. The first-order valence-corrected chi connectivity index (χ1v) is 7.14. The van der Waals surface area contributed by atoms with Gasteiger partial charge >= 0.3 is 0 Å². The van der Waals surface area contributed by atoms with E-state index in [0.29, 0.717) is 0 Å². The molecule has 2 aromatic carbocycles. The van der Waals surface area contributed by atoms with E-state index >= 15 is 0 Å². The summed E-state index contributed by atoms with van der Waals surface area (Å²) < 4.78 is 0. The molecule has 3 aromatic rings. The number of benzene rings is 2. The second kappa shape index (κ2) is 6.23. The summed E-state index contributed by atoms with van der Waals surface area (Å²) in [4.78, 5) is 4.53. The van der Waals surface area contributed by atoms with Gasteiger partial charge in [0.05, 0.1) is 12.2 Å². The number of nitrogens with zero attached hydrogens (tertiary/aromatic N) is 1. The molecule has 21 heavy (non-hydrogen) atoms. The van der Waals surface area contributed by atoms with Gasteiger partial charge in [-0.2, -0.15) is 0 Å². The SMILES string of the molecule is Cc1cccc(CNc2ccccc2-c2ccccc2)n1. The van der Waals surface area contributed by atoms with Crippen molar-refractivity contribution in [1.82, 2.24) is 4.98 Å². The Morgan fingerprint density at radius 2 is 1.57 bits per heavy atom. The zero-order valence-electron chi connectivity index (χ0n) is 12.1. The summed E-state index contributed by atoms with van der Waals surface area (Å²) in [6.07, 6.45) is 0. The van der Waals surface area contributed by atoms with E-state index in [4.69, 9.17) is 0 Å². The average Bonchev–Trinajstić information content (AvgIpc) is 2.54. The highest BCUT2D eigenvalue weighted by Crippen LogP contribution is 2.27. The minimum absolute atomic E-state index is 0.728. The van der Waals surface area contributed by atoms with E-state index in [2.05, 4.69) is 58.8 Å². The highest BCUT2D eigenvalue weighted by Gasteiger charge is 2.04. The largest absolute Gasteiger partial charge is 0.379 e. The van der Waals surface area contributed by atoms with Crippen LogP contribution in [0.25, 0.3) is 11.1 Å². The van der Waals surface area contributed by atoms with Crippen LogP contribution in [0.2, 0.25) is 0 Å². The van der Waals surface area contributed by atoms with Gasteiger partial charge in [0.1, 0.15) is 0 Å². The Morgan fingerprint density at radius 1 is 0.810 bits per heavy atom. The molecule has 2 heteroatoms. The summed E-state index contributed by atoms with van der Waals surface area (Å²) in [6, 6.07) is 24.9. The zero-order valence-corrected chi connectivity index (χ0v) is 12.1. The molecule has 1 N–H and O–H groups in total. The topological polar surface area (TPSA) is 24.9 Å². The van der Waals surface area contributed by atoms with Crippen molar-refractivity contribution in [2.75, 3.05) is 5.32 Å². The molecule has 0 atom stereocenters. The highest BCUT2D eigenvalue weighted by molar-refractivity contribution is 5.77. The van der Waals surface area contributed by atoms with E-state index in [-0.39, 0.29) is 0 Å². The third-order valence-corrected chi connectivity index (χ3v) is 3.42. The van der Waals surface area contributed by atoms with Gasteiger partial charge in [0.25, 0.3) is 0 Å². The van der Waals surface area contributed by atoms with Gasteiger partial charge in [0.15, 0.2) is 0 Å². The van der Waals surface area contributed by atoms with Gasteiger partial charge in [0, 0.05) is 16.9 Å². The molecule has 3 rings (SSSR count). The van der Waals surface area contributed by atoms with Crippen molar-refractivity contribution in [3.63, 3.8) is 0 Å². The molecule has 2 nitrogen and oxygen atoms in total. The van der Waals surface area contributed by atoms with Gasteiger partial charge in [-0.05, 0) is 30.7 Å². The quantitative estimate of drug-likeness (QED) is 0.748. The maximum atomic E-state index is 4.53. The van der Waals surface area contributed by atoms with Crippen molar-refractivity contribution < 1.29 is 0 Å². The molecule has 1 aromatic heterocycles. The number of hydrogen-bond donors (Lipinski definition) is 1. The Morgan fingerprint density at radius 3 is 2.38 bits per heavy atom. The Kier molecular flexibility index (Phi) is 3.97. The van der Waals surface area contributed by atoms with Crippen LogP contribution in [-0.2, 0) is 6.54 Å². The van der Waals surface area contributed by atoms with Crippen LogP contribution < -0.4 is 5.32 Å². The Labute approximate surface area is 125 Å². The lowest BCUT2D eigenvalue weighted by atomic mass is 10.0. The number of para-hydroxylation sites is 1. The predicted molar refractivity (Wildman–Crippen MR) is 88.2 cm³/mol. The van der Waals surface area contributed by atoms with Crippen molar-refractivity contribution in [2.45, 2.75) is 13.5 Å². The maximum Gasteiger partial charge on any atom is 0.0597 e. The number of hydrogen-bond acceptors (Lipinski definition) is 2. The lowest BCUT2D eigenvalue weighted by Crippen LogP contribution is -2.03. The molecular weight excluding hydrogens is 256 g/mol. The molecule has 0 saturated carbocycles. The number of aromatic nitrogens is 1. The van der Waals surface area contributed by atoms with Crippen LogP contribution in [-0.4, -0.2) is 4.98 Å². The number of rotatable bonds is 4. The van der Waals surface area contributed by atoms with Gasteiger partial charge in [-0.1, -0.05) is 54.6 Å². The summed E-state index contributed by atoms with van der Waals surface area (Å²) in [6.45, 7) is 2.74. The van der Waals surface area contributed by atoms with E-state index in [1.807, 2.05) is 31.2 Å². The molecule has 0 aliphatic carbocycles. The first-order valence-electron chi connectivity index (χ1n) is 7.14. The molecule has 1 heterocycles. The van der Waals surface area contributed by atoms with E-state index in [9.17, 15) is 0 Å². The van der Waals surface area contributed by atoms with Gasteiger partial charge in [-0.25, -0.2) is 0 Å². The first-order chi connectivity index (χ1) is 10.3. The smallest absolute Gasteiger partial charge is 0.0597 e. The third-order valence-electron chi connectivity index (χ3n) is 3.42. The predicted octanol–water partition coefficient (Wildman–Crippen LogP) is 4.67. The van der Waals surface area contributed by atoms with Crippen molar-refractivity contribution in [1.29, 1.82) is 0 Å². The maximum absolute atomic E-state index is 4.53. The van der Waals surface area contributed by atoms with Crippen molar-refractivity contribution in [3.8, 4) is 11.1 Å². The molecule has 0 saturated heterocycles. The monoisotopic (exact) mass is 274 g/mol. The number of nitrogens with one attached hydrogen (secondary N) is 1. The second-order valence-corrected chi connectivity index (χ2v) is 5.04. The Bertz CT molecular complexity index is 720. The summed E-state index contributed by atoms with van der Waals surface area (Å²) in [5.74, 6) is 0. The molecule has 0 bridgehead atoms. The van der Waals surface area contributed by atoms with Crippen molar-refractivity contribution in [3.05, 3.63) is 84.2 Å². The fourth-order valence-corrected chi connectivity index (χ4v) is 2.39. The molecule has 0 unspecified atom stereocenters. The summed E-state index contributed by atoms with van der Waals surface area (Å²) in [7, 11) is 0. The van der Waals surface area contributed by atoms with Gasteiger partial charge in [0.2, 0.25) is 0 Å². The van der Waals surface area contributed by atoms with Crippen molar-refractivity contribution >= 4 is 5.69 Å². The second-order valence-electron chi connectivity index (χ2n) is 5.04. The Hall–Kier alpha value is -2.61. The minimum Gasteiger partial charge on any atom is -0.379 e. The zero-order chi connectivity index (χ0) is 14.5. The summed E-state index contributed by atoms with van der Waals surface area (Å²) >= 11 is 0. The van der Waals surface area contributed by atoms with Gasteiger partial charge < -0.3 is 5.32 Å². The van der Waals surface area contributed by atoms with E-state index in [1.54, 1.807) is 0 Å². The fraction of sp³-hybridized carbons (Fsp3) is 0.105. The number of pyridine rings is 1. The van der Waals surface area contributed by atoms with Crippen LogP contribution in [0, 0.1) is 6.92 Å². The summed E-state index contributed by atoms with van der Waals surface area (Å²) in [5, 5.41) is 3.49. The highest BCUT2D eigenvalue weighted by atomic mass is 14.9. The molecule has 0 radical (unpaired) electrons. The average molecular weight is 274 g/mol. The van der Waals surface area contributed by atoms with Crippen molar-refractivity contribution in [2.24, 2.45) is 0 Å². The van der Waals surface area contributed by atoms with Crippen LogP contribution >= 0.6 is 0 Å². The molecule has 0 spiro atoms. The van der Waals surface area contributed by atoms with E-state index < -0.39 is 0 Å². The van der Waals surface area contributed by atoms with Crippen LogP contribution in [0.5, 0.6) is 0 Å². The van der Waals surface area contributed by atoms with Crippen LogP contribution in [0.1, 0.15) is 11.4 Å². The van der Waals surface area contributed by atoms with Gasteiger partial charge in [-0.3, -0.25) is 4.98 Å². The normalized spacial score (nSPS) is 10.3. The minimum atomic E-state index is 0.728. The lowest BCUT2D eigenvalue weighted by Gasteiger charge is -2.12. The van der Waals surface area contributed by atoms with Crippen LogP contribution in [0.15, 0.2) is 72.8 Å². The Balaban J connectivity index is 1.83. The van der Waals surface area contributed by atoms with Gasteiger partial charge in [-0.15, -0.1) is 0 Å². The number of anilines is 1. The molecule has 0 aliphatic heterocycles. The fourth-order valence-electron chi connectivity index (χ4n) is 2.39. The number of aryl methyl sites for hydroxylation is 1. The third kappa shape index (κ3) is 3.29. The molecular formula is C19H18N2. The van der Waals surface area contributed by atoms with Crippen LogP contribution in [0.4, 0.5) is 5.69 Å². The summed E-state index contributed by atoms with van der Waals surface area (Å²) in [5.41, 5.74) is 5.67. The molecule has 0 fully saturated rings. The molecule has 104 valence electrons. The molecule has 0 aliphatic rings. The standard InChI is InChI=1S/C19H18N2/c1-15-8-7-11-17(21-15)14-20-19-13-6-5-12-18(19)16-9-3-2-4-10-16/h2-13,20H,14H2,1H3. The lowest BCUT2D eigenvalue weighted by molar-refractivity contribution is 1.02. The van der Waals surface area contributed by atoms with E-state index in [0.717, 1.165) is 23.6 Å². The van der Waals surface area contributed by atoms with E-state index in [1.165, 1.54) is 11.1 Å². The van der Waals surface area contributed by atoms with Crippen LogP contribution in [0.3, 0.4) is 0 Å².